The number of phenolic OH excluding ortho intramolecular Hbond substituents is 1. The van der Waals surface area contributed by atoms with Crippen molar-refractivity contribution in [3.05, 3.63) is 77.9 Å². The molecule has 0 saturated heterocycles. The molecular weight excluding hydrogens is 770 g/mol. The van der Waals surface area contributed by atoms with Gasteiger partial charge in [-0.2, -0.15) is 13.2 Å². The van der Waals surface area contributed by atoms with Crippen LogP contribution in [-0.4, -0.2) is 49.6 Å². The Morgan fingerprint density at radius 1 is 0.900 bits per heavy atom. The monoisotopic (exact) mass is 834 g/mol. The number of carbonyl (C=O) groups is 2. The molecule has 0 bridgehead atoms. The molecule has 5 fully saturated rings. The van der Waals surface area contributed by atoms with Crippen LogP contribution in [0, 0.1) is 50.7 Å². The zero-order chi connectivity index (χ0) is 43.7. The summed E-state index contributed by atoms with van der Waals surface area (Å²) in [5.41, 5.74) is -1.65. The maximum absolute atomic E-state index is 14.7. The van der Waals surface area contributed by atoms with Crippen molar-refractivity contribution >= 4 is 18.0 Å². The van der Waals surface area contributed by atoms with Crippen LogP contribution in [0.5, 0.6) is 11.5 Å². The van der Waals surface area contributed by atoms with Gasteiger partial charge in [0, 0.05) is 24.2 Å². The highest BCUT2D eigenvalue weighted by Crippen LogP contribution is 2.89. The molecule has 0 aromatic heterocycles. The first-order valence-corrected chi connectivity index (χ1v) is 22.0. The number of ether oxygens (including phenoxy) is 4. The smallest absolute Gasteiger partial charge is 0.432 e. The zero-order valence-corrected chi connectivity index (χ0v) is 36.8. The highest BCUT2D eigenvalue weighted by atomic mass is 19.4. The highest BCUT2D eigenvalue weighted by Gasteiger charge is 2.82. The second-order valence-electron chi connectivity index (χ2n) is 20.2. The van der Waals surface area contributed by atoms with Crippen molar-refractivity contribution in [2.24, 2.45) is 50.7 Å². The van der Waals surface area contributed by atoms with Crippen LogP contribution in [0.1, 0.15) is 123 Å². The van der Waals surface area contributed by atoms with Gasteiger partial charge < -0.3 is 24.1 Å². The summed E-state index contributed by atoms with van der Waals surface area (Å²) >= 11 is 0. The van der Waals surface area contributed by atoms with Crippen molar-refractivity contribution in [1.82, 2.24) is 0 Å². The molecule has 5 saturated carbocycles. The fourth-order valence-corrected chi connectivity index (χ4v) is 14.3. The first-order chi connectivity index (χ1) is 28.2. The van der Waals surface area contributed by atoms with Gasteiger partial charge >= 0.3 is 18.1 Å². The quantitative estimate of drug-likeness (QED) is 0.122. The van der Waals surface area contributed by atoms with E-state index >= 15 is 0 Å². The van der Waals surface area contributed by atoms with Crippen molar-refractivity contribution in [3.63, 3.8) is 0 Å². The summed E-state index contributed by atoms with van der Waals surface area (Å²) in [6.45, 7) is 17.7. The number of carbonyl (C=O) groups excluding carboxylic acids is 2. The Morgan fingerprint density at radius 3 is 2.23 bits per heavy atom. The molecule has 2 spiro atoms. The number of fused-ring (bicyclic) bond motifs is 2. The SMILES string of the molecule is C=C(C)[C@H](CC[C@@H](C)[C@H]1CC[C@@]2(C)[C@@H]3CC[C@H]4C(C)(C)[C@@H](OC(=O)/C=C/c5ccc(O)c(OC)c5)CC[C@@]45C[C@@]35CC[C@]12C)OC(=O)[C@](OC)(c1ccccc1)C(F)(F)F. The van der Waals surface area contributed by atoms with E-state index in [0.717, 1.165) is 51.2 Å². The summed E-state index contributed by atoms with van der Waals surface area (Å²) in [7, 11) is 2.38. The van der Waals surface area contributed by atoms with Crippen LogP contribution < -0.4 is 4.74 Å². The van der Waals surface area contributed by atoms with Crippen LogP contribution >= 0.6 is 0 Å². The normalized spacial score (nSPS) is 34.8. The first kappa shape index (κ1) is 44.3. The van der Waals surface area contributed by atoms with Gasteiger partial charge in [-0.1, -0.05) is 77.6 Å². The molecule has 11 atom stereocenters. The molecule has 2 aromatic carbocycles. The Balaban J connectivity index is 1.01. The van der Waals surface area contributed by atoms with Crippen molar-refractivity contribution in [2.75, 3.05) is 14.2 Å². The van der Waals surface area contributed by atoms with Gasteiger partial charge in [0.05, 0.1) is 7.11 Å². The van der Waals surface area contributed by atoms with Crippen LogP contribution in [0.15, 0.2) is 66.8 Å². The Labute approximate surface area is 354 Å². The van der Waals surface area contributed by atoms with Crippen LogP contribution in [0.3, 0.4) is 0 Å². The van der Waals surface area contributed by atoms with Gasteiger partial charge in [0.15, 0.2) is 11.5 Å². The average Bonchev–Trinajstić information content (AvgIpc) is 3.78. The molecule has 0 amide bonds. The Bertz CT molecular complexity index is 1990. The van der Waals surface area contributed by atoms with Gasteiger partial charge in [0.25, 0.3) is 5.60 Å². The van der Waals surface area contributed by atoms with Gasteiger partial charge in [-0.05, 0) is 152 Å². The van der Waals surface area contributed by atoms with Crippen LogP contribution in [-0.2, 0) is 29.4 Å². The molecule has 0 unspecified atom stereocenters. The molecule has 7 rings (SSSR count). The summed E-state index contributed by atoms with van der Waals surface area (Å²) < 4.78 is 66.2. The largest absolute Gasteiger partial charge is 0.504 e. The van der Waals surface area contributed by atoms with Gasteiger partial charge in [0.1, 0.15) is 12.2 Å². The molecule has 1 N–H and O–H groups in total. The molecule has 0 radical (unpaired) electrons. The second kappa shape index (κ2) is 15.5. The van der Waals surface area contributed by atoms with Crippen molar-refractivity contribution in [2.45, 2.75) is 136 Å². The number of aromatic hydroxyl groups is 1. The summed E-state index contributed by atoms with van der Waals surface area (Å²) in [6, 6.07) is 11.9. The molecule has 5 aliphatic carbocycles. The topological polar surface area (TPSA) is 91.3 Å². The standard InChI is InChI=1S/C50H65F3O7/c1-31(2)37(59-43(56)49(58-9,50(51,52)53)34-13-11-10-12-14-34)19-15-32(3)35-23-25-46(7)40-21-20-39-44(4,5)41(24-26-47(39)30-48(40,47)28-27-45(35,46)6)60-42(55)22-17-33-16-18-36(54)38(29-33)57-8/h10-14,16-18,22,29,32,35,37,39-41,54H,1,15,19-21,23-28,30H2,2-9H3/b22-17+/t32-,35-,37+,39+,40+,41+,45-,46+,47-,48+,49-/m1/s1. The number of methoxy groups -OCH3 is 2. The number of benzene rings is 2. The lowest BCUT2D eigenvalue weighted by Gasteiger charge is -2.63. The predicted molar refractivity (Wildman–Crippen MR) is 225 cm³/mol. The van der Waals surface area contributed by atoms with Gasteiger partial charge in [-0.15, -0.1) is 0 Å². The fourth-order valence-electron chi connectivity index (χ4n) is 14.3. The number of phenols is 1. The van der Waals surface area contributed by atoms with Crippen LogP contribution in [0.4, 0.5) is 13.2 Å². The third-order valence-electron chi connectivity index (χ3n) is 17.5. The maximum atomic E-state index is 14.7. The van der Waals surface area contributed by atoms with E-state index in [0.29, 0.717) is 47.3 Å². The summed E-state index contributed by atoms with van der Waals surface area (Å²) in [4.78, 5) is 26.8. The fraction of sp³-hybridized carbons (Fsp3) is 0.640. The summed E-state index contributed by atoms with van der Waals surface area (Å²) in [6.07, 6.45) is 8.25. The van der Waals surface area contributed by atoms with E-state index in [-0.39, 0.29) is 51.0 Å². The molecule has 2 aromatic rings. The molecule has 0 heterocycles. The van der Waals surface area contributed by atoms with Gasteiger partial charge in [-0.25, -0.2) is 9.59 Å². The average molecular weight is 835 g/mol. The molecule has 10 heteroatoms. The van der Waals surface area contributed by atoms with E-state index in [1.165, 1.54) is 56.7 Å². The van der Waals surface area contributed by atoms with E-state index < -0.39 is 23.9 Å². The van der Waals surface area contributed by atoms with E-state index in [1.54, 1.807) is 37.3 Å². The van der Waals surface area contributed by atoms with Crippen molar-refractivity contribution in [1.29, 1.82) is 0 Å². The third-order valence-corrected chi connectivity index (χ3v) is 17.5. The van der Waals surface area contributed by atoms with E-state index in [4.69, 9.17) is 18.9 Å². The zero-order valence-electron chi connectivity index (χ0n) is 36.8. The number of esters is 2. The van der Waals surface area contributed by atoms with E-state index in [1.807, 2.05) is 0 Å². The minimum Gasteiger partial charge on any atom is -0.504 e. The lowest BCUT2D eigenvalue weighted by molar-refractivity contribution is -0.277. The highest BCUT2D eigenvalue weighted by molar-refractivity contribution is 5.87. The number of alkyl halides is 3. The van der Waals surface area contributed by atoms with E-state index in [2.05, 4.69) is 41.2 Å². The summed E-state index contributed by atoms with van der Waals surface area (Å²) in [5, 5.41) is 9.94. The molecule has 60 heavy (non-hydrogen) atoms. The molecule has 7 nitrogen and oxygen atoms in total. The molecule has 5 aliphatic rings. The van der Waals surface area contributed by atoms with E-state index in [9.17, 15) is 27.9 Å². The number of hydrogen-bond acceptors (Lipinski definition) is 7. The summed E-state index contributed by atoms with van der Waals surface area (Å²) in [5.74, 6) is 0.356. The lowest BCUT2D eigenvalue weighted by Crippen LogP contribution is -2.58. The molecule has 328 valence electrons. The first-order valence-electron chi connectivity index (χ1n) is 22.0. The molecular formula is C50H65F3O7. The maximum Gasteiger partial charge on any atom is 0.432 e. The third kappa shape index (κ3) is 6.71. The Morgan fingerprint density at radius 2 is 1.58 bits per heavy atom. The van der Waals surface area contributed by atoms with Gasteiger partial charge in [-0.3, -0.25) is 0 Å². The van der Waals surface area contributed by atoms with Crippen molar-refractivity contribution in [3.8, 4) is 11.5 Å². The minimum absolute atomic E-state index is 0.0436. The number of rotatable bonds is 13. The predicted octanol–water partition coefficient (Wildman–Crippen LogP) is 11.8. The number of hydrogen-bond donors (Lipinski definition) is 1. The lowest BCUT2D eigenvalue weighted by atomic mass is 9.41. The Hall–Kier alpha value is -3.79. The van der Waals surface area contributed by atoms with Crippen LogP contribution in [0.2, 0.25) is 0 Å². The minimum atomic E-state index is -5.04. The molecule has 0 aliphatic heterocycles. The van der Waals surface area contributed by atoms with Gasteiger partial charge in [0.2, 0.25) is 0 Å². The van der Waals surface area contributed by atoms with Crippen LogP contribution in [0.25, 0.3) is 6.08 Å². The Kier molecular flexibility index (Phi) is 11.5. The number of halogens is 3. The van der Waals surface area contributed by atoms with Crippen molar-refractivity contribution < 1.29 is 46.8 Å². The second-order valence-corrected chi connectivity index (χ2v) is 20.2.